The Morgan fingerprint density at radius 2 is 1.93 bits per heavy atom. The fraction of sp³-hybridized carbons (Fsp3) is 1.00. The van der Waals surface area contributed by atoms with Gasteiger partial charge in [0.1, 0.15) is 5.88 Å². The maximum atomic E-state index is 11.2. The van der Waals surface area contributed by atoms with E-state index in [9.17, 15) is 8.42 Å². The number of thiol groups is 1. The Hall–Kier alpha value is 0.220. The predicted octanol–water partition coefficient (Wildman–Crippen LogP) is 0.170. The molecule has 0 aliphatic carbocycles. The van der Waals surface area contributed by atoms with Gasteiger partial charge in [0.2, 0.25) is 0 Å². The number of nitrogens with zero attached hydrogens (tertiary/aromatic N) is 2. The number of hydrogen-bond acceptors (Lipinski definition) is 4. The van der Waals surface area contributed by atoms with Crippen LogP contribution in [0.4, 0.5) is 0 Å². The molecule has 1 saturated heterocycles. The molecule has 1 fully saturated rings. The molecule has 0 aromatic rings. The van der Waals surface area contributed by atoms with Crippen LogP contribution in [0.1, 0.15) is 6.92 Å². The third-order valence-corrected chi connectivity index (χ3v) is 5.00. The molecule has 1 unspecified atom stereocenters. The Balaban J connectivity index is 2.53. The summed E-state index contributed by atoms with van der Waals surface area (Å²) < 4.78 is 24.9. The van der Waals surface area contributed by atoms with Gasteiger partial charge in [-0.2, -0.15) is 0 Å². The van der Waals surface area contributed by atoms with Crippen LogP contribution in [-0.2, 0) is 9.84 Å². The van der Waals surface area contributed by atoms with Crippen LogP contribution in [0.3, 0.4) is 0 Å². The molecule has 1 aliphatic heterocycles. The van der Waals surface area contributed by atoms with E-state index in [2.05, 4.69) is 28.6 Å². The van der Waals surface area contributed by atoms with Crippen LogP contribution in [0.25, 0.3) is 0 Å². The zero-order chi connectivity index (χ0) is 11.6. The lowest BCUT2D eigenvalue weighted by Gasteiger charge is -2.42. The van der Waals surface area contributed by atoms with Gasteiger partial charge in [-0.1, -0.05) is 0 Å². The largest absolute Gasteiger partial charge is 0.284 e. The normalized spacial score (nSPS) is 26.7. The molecule has 1 heterocycles. The van der Waals surface area contributed by atoms with Gasteiger partial charge in [0.05, 0.1) is 0 Å². The molecule has 0 amide bonds. The van der Waals surface area contributed by atoms with Crippen molar-refractivity contribution in [3.8, 4) is 0 Å². The second-order valence-corrected chi connectivity index (χ2v) is 8.85. The summed E-state index contributed by atoms with van der Waals surface area (Å²) in [5.74, 6) is 0.202. The molecule has 0 bridgehead atoms. The first-order valence-corrected chi connectivity index (χ1v) is 9.38. The quantitative estimate of drug-likeness (QED) is 0.729. The molecule has 0 N–H and O–H groups in total. The molecule has 0 aromatic carbocycles. The van der Waals surface area contributed by atoms with Crippen molar-refractivity contribution in [3.63, 3.8) is 0 Å². The van der Waals surface area contributed by atoms with E-state index in [1.54, 1.807) is 0 Å². The number of rotatable bonds is 3. The highest BCUT2D eigenvalue weighted by atomic mass is 32.2. The number of piperazine rings is 1. The molecule has 0 spiro atoms. The maximum absolute atomic E-state index is 11.2. The maximum Gasteiger partial charge on any atom is 0.160 e. The number of hydrogen-bond donors (Lipinski definition) is 1. The van der Waals surface area contributed by atoms with Crippen LogP contribution in [0.2, 0.25) is 0 Å². The van der Waals surface area contributed by atoms with Gasteiger partial charge in [0.25, 0.3) is 0 Å². The molecule has 1 rings (SSSR count). The highest BCUT2D eigenvalue weighted by Gasteiger charge is 2.26. The van der Waals surface area contributed by atoms with E-state index < -0.39 is 9.84 Å². The summed E-state index contributed by atoms with van der Waals surface area (Å²) in [7, 11) is -2.88. The summed E-state index contributed by atoms with van der Waals surface area (Å²) >= 11 is -0.0402. The Bertz CT molecular complexity index is 303. The van der Waals surface area contributed by atoms with Gasteiger partial charge in [-0.3, -0.25) is 9.21 Å². The molecular weight excluding hydrogens is 232 g/mol. The molecule has 0 aromatic heterocycles. The van der Waals surface area contributed by atoms with Crippen molar-refractivity contribution in [2.24, 2.45) is 0 Å². The Morgan fingerprint density at radius 1 is 1.33 bits per heavy atom. The Morgan fingerprint density at radius 3 is 2.33 bits per heavy atom. The molecule has 0 saturated carbocycles. The molecule has 0 radical (unpaired) electrons. The molecule has 1 atom stereocenters. The lowest BCUT2D eigenvalue weighted by atomic mass is 10.2. The SMILES string of the molecule is CC1CN([SH](C)C)CCN1CS(C)(=O)=O. The van der Waals surface area contributed by atoms with E-state index in [1.165, 1.54) is 6.26 Å². The summed E-state index contributed by atoms with van der Waals surface area (Å²) in [6.45, 7) is 4.97. The Labute approximate surface area is 96.0 Å². The van der Waals surface area contributed by atoms with E-state index in [-0.39, 0.29) is 17.0 Å². The molecular formula is C9H22N2O2S2. The zero-order valence-electron chi connectivity index (χ0n) is 9.97. The highest BCUT2D eigenvalue weighted by Crippen LogP contribution is 2.25. The van der Waals surface area contributed by atoms with Crippen LogP contribution in [-0.4, -0.2) is 67.9 Å². The molecule has 1 aliphatic rings. The summed E-state index contributed by atoms with van der Waals surface area (Å²) in [6.07, 6.45) is 5.79. The van der Waals surface area contributed by atoms with E-state index >= 15 is 0 Å². The predicted molar refractivity (Wildman–Crippen MR) is 68.3 cm³/mol. The fourth-order valence-corrected chi connectivity index (χ4v) is 3.87. The van der Waals surface area contributed by atoms with Crippen molar-refractivity contribution >= 4 is 20.9 Å². The van der Waals surface area contributed by atoms with Crippen LogP contribution in [0, 0.1) is 0 Å². The van der Waals surface area contributed by atoms with Crippen molar-refractivity contribution in [2.75, 3.05) is 44.3 Å². The van der Waals surface area contributed by atoms with Gasteiger partial charge in [0.15, 0.2) is 9.84 Å². The summed E-state index contributed by atoms with van der Waals surface area (Å²) in [5.41, 5.74) is 0. The second kappa shape index (κ2) is 5.03. The van der Waals surface area contributed by atoms with Crippen molar-refractivity contribution in [1.29, 1.82) is 0 Å². The van der Waals surface area contributed by atoms with Crippen LogP contribution in [0.5, 0.6) is 0 Å². The number of sulfone groups is 1. The molecule has 6 heteroatoms. The average Bonchev–Trinajstić information content (AvgIpc) is 2.05. The minimum atomic E-state index is -2.88. The van der Waals surface area contributed by atoms with Crippen molar-refractivity contribution < 1.29 is 8.42 Å². The van der Waals surface area contributed by atoms with E-state index in [0.29, 0.717) is 6.04 Å². The lowest BCUT2D eigenvalue weighted by molar-refractivity contribution is 0.156. The Kier molecular flexibility index (Phi) is 4.46. The van der Waals surface area contributed by atoms with E-state index in [0.717, 1.165) is 19.6 Å². The monoisotopic (exact) mass is 254 g/mol. The van der Waals surface area contributed by atoms with Crippen LogP contribution in [0.15, 0.2) is 0 Å². The summed E-state index contributed by atoms with van der Waals surface area (Å²) in [5, 5.41) is 0. The lowest BCUT2D eigenvalue weighted by Crippen LogP contribution is -2.51. The average molecular weight is 254 g/mol. The molecule has 92 valence electrons. The van der Waals surface area contributed by atoms with Gasteiger partial charge in [-0.25, -0.2) is 19.5 Å². The smallest absolute Gasteiger partial charge is 0.160 e. The van der Waals surface area contributed by atoms with Crippen molar-refractivity contribution in [3.05, 3.63) is 0 Å². The standard InChI is InChI=1S/C9H22N2O2S2/c1-9-7-11(14(2)3)6-5-10(9)8-15(4,12)13/h9,14H,5-8H2,1-4H3. The first-order chi connectivity index (χ1) is 6.79. The third-order valence-electron chi connectivity index (χ3n) is 2.71. The minimum Gasteiger partial charge on any atom is -0.284 e. The minimum absolute atomic E-state index is 0.0402. The van der Waals surface area contributed by atoms with Gasteiger partial charge in [0, 0.05) is 31.9 Å². The molecule has 15 heavy (non-hydrogen) atoms. The van der Waals surface area contributed by atoms with Crippen molar-refractivity contribution in [1.82, 2.24) is 9.21 Å². The molecule has 4 nitrogen and oxygen atoms in total. The third kappa shape index (κ3) is 4.30. The fourth-order valence-electron chi connectivity index (χ4n) is 1.83. The first-order valence-electron chi connectivity index (χ1n) is 5.13. The first kappa shape index (κ1) is 13.3. The summed E-state index contributed by atoms with van der Waals surface area (Å²) in [6, 6.07) is 0.346. The second-order valence-electron chi connectivity index (χ2n) is 4.48. The topological polar surface area (TPSA) is 40.6 Å². The van der Waals surface area contributed by atoms with E-state index in [1.807, 2.05) is 0 Å². The highest BCUT2D eigenvalue weighted by molar-refractivity contribution is 8.13. The van der Waals surface area contributed by atoms with Gasteiger partial charge in [-0.05, 0) is 19.4 Å². The van der Waals surface area contributed by atoms with Crippen LogP contribution < -0.4 is 0 Å². The zero-order valence-corrected chi connectivity index (χ0v) is 11.7. The van der Waals surface area contributed by atoms with Gasteiger partial charge in [-0.15, -0.1) is 0 Å². The van der Waals surface area contributed by atoms with E-state index in [4.69, 9.17) is 0 Å². The van der Waals surface area contributed by atoms with Crippen LogP contribution >= 0.6 is 11.1 Å². The van der Waals surface area contributed by atoms with Crippen molar-refractivity contribution in [2.45, 2.75) is 13.0 Å². The summed E-state index contributed by atoms with van der Waals surface area (Å²) in [4.78, 5) is 2.06. The van der Waals surface area contributed by atoms with Gasteiger partial charge < -0.3 is 0 Å². The van der Waals surface area contributed by atoms with Gasteiger partial charge >= 0.3 is 0 Å².